The Morgan fingerprint density at radius 1 is 0.603 bits per heavy atom. The molecule has 330 valence electrons. The number of amides is 2. The van der Waals surface area contributed by atoms with Gasteiger partial charge in [-0.15, -0.1) is 0 Å². The van der Waals surface area contributed by atoms with Crippen LogP contribution in [-0.2, 0) is 48.7 Å². The van der Waals surface area contributed by atoms with Crippen molar-refractivity contribution in [3.63, 3.8) is 0 Å². The van der Waals surface area contributed by atoms with E-state index in [1.165, 1.54) is 30.3 Å². The fraction of sp³-hybridized carbons (Fsp3) is 0.136. The van der Waals surface area contributed by atoms with E-state index in [4.69, 9.17) is 43.0 Å². The van der Waals surface area contributed by atoms with E-state index < -0.39 is 42.6 Å². The van der Waals surface area contributed by atoms with Crippen LogP contribution in [0.4, 0.5) is 24.5 Å². The summed E-state index contributed by atoms with van der Waals surface area (Å²) in [5.74, 6) is -0.482. The van der Waals surface area contributed by atoms with Crippen LogP contribution in [0.5, 0.6) is 23.0 Å². The van der Waals surface area contributed by atoms with Gasteiger partial charge in [-0.25, -0.2) is 27.1 Å². The fourth-order valence-corrected chi connectivity index (χ4v) is 7.52. The van der Waals surface area contributed by atoms with Gasteiger partial charge in [-0.05, 0) is 101 Å². The van der Waals surface area contributed by atoms with Gasteiger partial charge in [0.15, 0.2) is 0 Å². The van der Waals surface area contributed by atoms with E-state index >= 15 is 0 Å². The van der Waals surface area contributed by atoms with Crippen molar-refractivity contribution in [2.45, 2.75) is 48.6 Å². The van der Waals surface area contributed by atoms with Crippen molar-refractivity contribution >= 4 is 66.4 Å². The molecule has 6 aromatic rings. The molecular formula is C44H39Cl2F3N4O8S2. The highest BCUT2D eigenvalue weighted by Gasteiger charge is 2.31. The zero-order chi connectivity index (χ0) is 46.1. The quantitative estimate of drug-likeness (QED) is 0.0877. The summed E-state index contributed by atoms with van der Waals surface area (Å²) in [5.41, 5.74) is 1.71. The van der Waals surface area contributed by atoms with Gasteiger partial charge in [0.2, 0.25) is 31.9 Å². The maximum absolute atomic E-state index is 12.9. The van der Waals surface area contributed by atoms with E-state index in [0.29, 0.717) is 26.9 Å². The molecule has 0 heterocycles. The third kappa shape index (κ3) is 14.0. The number of nitrogens with one attached hydrogen (secondary N) is 2. The smallest absolute Gasteiger partial charge is 0.416 e. The van der Waals surface area contributed by atoms with E-state index in [1.54, 1.807) is 60.7 Å². The number of hydrogen-bond donors (Lipinski definition) is 4. The van der Waals surface area contributed by atoms with Gasteiger partial charge < -0.3 is 20.1 Å². The summed E-state index contributed by atoms with van der Waals surface area (Å²) in [4.78, 5) is 24.0. The van der Waals surface area contributed by atoms with Gasteiger partial charge in [-0.1, -0.05) is 91.6 Å². The topological polar surface area (TPSA) is 197 Å². The Hall–Kier alpha value is -5.95. The molecule has 0 aliphatic rings. The van der Waals surface area contributed by atoms with Crippen molar-refractivity contribution < 1.29 is 49.1 Å². The van der Waals surface area contributed by atoms with Gasteiger partial charge in [-0.2, -0.15) is 13.2 Å². The molecule has 0 atom stereocenters. The van der Waals surface area contributed by atoms with Gasteiger partial charge in [-0.3, -0.25) is 9.59 Å². The lowest BCUT2D eigenvalue weighted by Gasteiger charge is -2.14. The van der Waals surface area contributed by atoms with Crippen LogP contribution < -0.4 is 30.4 Å². The maximum atomic E-state index is 12.9. The largest absolute Gasteiger partial charge is 0.456 e. The van der Waals surface area contributed by atoms with Crippen LogP contribution in [0.15, 0.2) is 143 Å². The van der Waals surface area contributed by atoms with E-state index in [0.717, 1.165) is 29.8 Å². The molecule has 0 fully saturated rings. The lowest BCUT2D eigenvalue weighted by molar-refractivity contribution is -0.137. The predicted molar refractivity (Wildman–Crippen MR) is 235 cm³/mol. The number of rotatable bonds is 13. The van der Waals surface area contributed by atoms with Gasteiger partial charge in [0.05, 0.1) is 18.4 Å². The predicted octanol–water partition coefficient (Wildman–Crippen LogP) is 10.1. The number of alkyl halides is 3. The number of nitrogens with two attached hydrogens (primary N) is 2. The standard InChI is InChI=1S/C23H23ClN2O4S.C21H16ClF3N2O4S/c1-15(2)16-7-5-8-19(12-16)30-21-11-10-18(14-22(21)31(25,28)29)26-23(27)13-17-6-3-4-9-20(17)24;22-17-7-2-1-4-13(17)10-20(28)27-15-8-9-18(19(12-15)32(26,29)30)31-16-6-3-5-14(11-16)21(23,24)25/h3-12,14-15H,13H2,1-2H3,(H,26,27)(H2,25,28,29);1-9,11-12H,10H2,(H,27,28)(H2,26,29,30). The van der Waals surface area contributed by atoms with Crippen molar-refractivity contribution in [3.8, 4) is 23.0 Å². The van der Waals surface area contributed by atoms with Gasteiger partial charge >= 0.3 is 6.18 Å². The van der Waals surface area contributed by atoms with Crippen molar-refractivity contribution in [1.82, 2.24) is 0 Å². The van der Waals surface area contributed by atoms with Crippen molar-refractivity contribution in [1.29, 1.82) is 0 Å². The van der Waals surface area contributed by atoms with Crippen LogP contribution in [0.3, 0.4) is 0 Å². The van der Waals surface area contributed by atoms with Gasteiger partial charge in [0, 0.05) is 21.4 Å². The molecule has 0 aliphatic heterocycles. The summed E-state index contributed by atoms with van der Waals surface area (Å²) in [5, 5.41) is 16.7. The van der Waals surface area contributed by atoms with Gasteiger partial charge in [0.25, 0.3) is 0 Å². The minimum atomic E-state index is -4.60. The summed E-state index contributed by atoms with van der Waals surface area (Å²) >= 11 is 12.1. The fourth-order valence-electron chi connectivity index (χ4n) is 5.75. The Kier molecular flexibility index (Phi) is 15.6. The molecule has 19 heteroatoms. The zero-order valence-electron chi connectivity index (χ0n) is 33.3. The third-order valence-electron chi connectivity index (χ3n) is 8.83. The number of hydrogen-bond acceptors (Lipinski definition) is 8. The molecule has 6 rings (SSSR count). The number of primary sulfonamides is 2. The van der Waals surface area contributed by atoms with E-state index in [1.807, 2.05) is 18.2 Å². The molecule has 63 heavy (non-hydrogen) atoms. The average molecular weight is 944 g/mol. The lowest BCUT2D eigenvalue weighted by atomic mass is 10.0. The molecule has 0 radical (unpaired) electrons. The molecule has 6 aromatic carbocycles. The number of carbonyl (C=O) groups is 2. The molecular weight excluding hydrogens is 905 g/mol. The molecule has 0 unspecified atom stereocenters. The molecule has 0 aliphatic carbocycles. The van der Waals surface area contributed by atoms with E-state index in [2.05, 4.69) is 24.5 Å². The van der Waals surface area contributed by atoms with Crippen LogP contribution in [0.2, 0.25) is 10.0 Å². The summed E-state index contributed by atoms with van der Waals surface area (Å²) in [7, 11) is -8.44. The van der Waals surface area contributed by atoms with Crippen molar-refractivity contribution in [2.24, 2.45) is 10.3 Å². The van der Waals surface area contributed by atoms with Crippen LogP contribution in [-0.4, -0.2) is 28.6 Å². The third-order valence-corrected chi connectivity index (χ3v) is 11.4. The first-order valence-corrected chi connectivity index (χ1v) is 22.4. The van der Waals surface area contributed by atoms with Crippen molar-refractivity contribution in [3.05, 3.63) is 166 Å². The summed E-state index contributed by atoms with van der Waals surface area (Å²) in [6.07, 6.45) is -4.62. The van der Waals surface area contributed by atoms with Crippen LogP contribution in [0.1, 0.15) is 42.0 Å². The SMILES string of the molecule is CC(C)c1cccc(Oc2ccc(NC(=O)Cc3ccccc3Cl)cc2S(N)(=O)=O)c1.NS(=O)(=O)c1cc(NC(=O)Cc2ccccc2Cl)ccc1Oc1cccc(C(F)(F)F)c1. The molecule has 0 bridgehead atoms. The first-order chi connectivity index (χ1) is 29.6. The zero-order valence-corrected chi connectivity index (χ0v) is 36.5. The number of anilines is 2. The number of carbonyl (C=O) groups excluding carboxylic acids is 2. The second-order valence-electron chi connectivity index (χ2n) is 14.0. The number of ether oxygens (including phenoxy) is 2. The monoisotopic (exact) mass is 942 g/mol. The Bertz CT molecular complexity index is 2860. The summed E-state index contributed by atoms with van der Waals surface area (Å²) in [6.45, 7) is 4.10. The highest BCUT2D eigenvalue weighted by molar-refractivity contribution is 7.89. The molecule has 0 aromatic heterocycles. The van der Waals surface area contributed by atoms with Crippen LogP contribution in [0, 0.1) is 0 Å². The van der Waals surface area contributed by atoms with Crippen molar-refractivity contribution in [2.75, 3.05) is 10.6 Å². The number of halogens is 5. The number of sulfonamides is 2. The highest BCUT2D eigenvalue weighted by Crippen LogP contribution is 2.36. The summed E-state index contributed by atoms with van der Waals surface area (Å²) < 4.78 is 98.3. The maximum Gasteiger partial charge on any atom is 0.416 e. The minimum absolute atomic E-state index is 0.0463. The van der Waals surface area contributed by atoms with E-state index in [9.17, 15) is 39.6 Å². The Morgan fingerprint density at radius 3 is 1.44 bits per heavy atom. The Morgan fingerprint density at radius 2 is 1.03 bits per heavy atom. The second kappa shape index (κ2) is 20.5. The Labute approximate surface area is 372 Å². The molecule has 0 saturated carbocycles. The highest BCUT2D eigenvalue weighted by atomic mass is 35.5. The molecule has 0 spiro atoms. The number of benzene rings is 6. The van der Waals surface area contributed by atoms with Crippen LogP contribution >= 0.6 is 23.2 Å². The van der Waals surface area contributed by atoms with E-state index in [-0.39, 0.29) is 58.2 Å². The lowest BCUT2D eigenvalue weighted by Crippen LogP contribution is -2.17. The molecule has 6 N–H and O–H groups in total. The summed E-state index contributed by atoms with van der Waals surface area (Å²) in [6, 6.07) is 32.9. The normalized spacial score (nSPS) is 11.6. The second-order valence-corrected chi connectivity index (χ2v) is 17.9. The Balaban J connectivity index is 0.000000238. The minimum Gasteiger partial charge on any atom is -0.456 e. The van der Waals surface area contributed by atoms with Gasteiger partial charge in [0.1, 0.15) is 32.8 Å². The molecule has 12 nitrogen and oxygen atoms in total. The molecule has 2 amide bonds. The molecule has 0 saturated heterocycles. The first-order valence-electron chi connectivity index (χ1n) is 18.6. The average Bonchev–Trinajstić information content (AvgIpc) is 3.20. The first kappa shape index (κ1) is 48.1. The van der Waals surface area contributed by atoms with Crippen LogP contribution in [0.25, 0.3) is 0 Å².